The number of nitrogens with one attached hydrogen (secondary N) is 2. The van der Waals surface area contributed by atoms with Gasteiger partial charge < -0.3 is 5.32 Å². The molecule has 0 aliphatic heterocycles. The lowest BCUT2D eigenvalue weighted by Gasteiger charge is -2.59. The Bertz CT molecular complexity index is 882. The summed E-state index contributed by atoms with van der Waals surface area (Å²) in [7, 11) is -3.53. The highest BCUT2D eigenvalue weighted by Gasteiger charge is 2.60. The maximum atomic E-state index is 13.2. The summed E-state index contributed by atoms with van der Waals surface area (Å²) < 4.78 is 27.6. The summed E-state index contributed by atoms with van der Waals surface area (Å²) in [5.41, 5.74) is 0.144. The summed E-state index contributed by atoms with van der Waals surface area (Å²) in [5, 5.41) is 3.01. The van der Waals surface area contributed by atoms with Crippen LogP contribution in [0.15, 0.2) is 29.2 Å². The monoisotopic (exact) mass is 408 g/mol. The Labute approximate surface area is 165 Å². The molecular formula is C20H25ClN2O3S. The molecule has 5 fully saturated rings. The van der Waals surface area contributed by atoms with Crippen molar-refractivity contribution in [3.05, 3.63) is 24.3 Å². The maximum Gasteiger partial charge on any atom is 0.240 e. The first kappa shape index (κ1) is 18.0. The van der Waals surface area contributed by atoms with Crippen molar-refractivity contribution in [2.45, 2.75) is 67.2 Å². The van der Waals surface area contributed by atoms with Crippen molar-refractivity contribution in [1.29, 1.82) is 0 Å². The molecule has 1 aromatic rings. The maximum absolute atomic E-state index is 13.2. The number of carbonyl (C=O) groups is 1. The summed E-state index contributed by atoms with van der Waals surface area (Å²) >= 11 is 6.84. The van der Waals surface area contributed by atoms with E-state index >= 15 is 0 Å². The molecule has 27 heavy (non-hydrogen) atoms. The predicted octanol–water partition coefficient (Wildman–Crippen LogP) is 3.64. The molecule has 0 heterocycles. The number of benzene rings is 1. The normalized spacial score (nSPS) is 37.4. The van der Waals surface area contributed by atoms with Crippen LogP contribution < -0.4 is 10.0 Å². The Morgan fingerprint density at radius 3 is 2.44 bits per heavy atom. The number of rotatable bonds is 5. The fraction of sp³-hybridized carbons (Fsp3) is 0.650. The average molecular weight is 409 g/mol. The smallest absolute Gasteiger partial charge is 0.240 e. The third kappa shape index (κ3) is 3.30. The van der Waals surface area contributed by atoms with Crippen molar-refractivity contribution in [2.75, 3.05) is 5.32 Å². The van der Waals surface area contributed by atoms with Crippen molar-refractivity contribution in [3.63, 3.8) is 0 Å². The Morgan fingerprint density at radius 1 is 1.11 bits per heavy atom. The molecule has 1 aromatic carbocycles. The molecule has 2 N–H and O–H groups in total. The van der Waals surface area contributed by atoms with Crippen LogP contribution in [0.5, 0.6) is 0 Å². The van der Waals surface area contributed by atoms with E-state index in [2.05, 4.69) is 10.0 Å². The minimum atomic E-state index is -3.53. The van der Waals surface area contributed by atoms with Crippen molar-refractivity contribution in [2.24, 2.45) is 17.3 Å². The molecule has 5 aliphatic carbocycles. The Balaban J connectivity index is 1.36. The zero-order valence-electron chi connectivity index (χ0n) is 15.2. The molecule has 0 spiro atoms. The molecule has 7 heteroatoms. The van der Waals surface area contributed by atoms with Crippen LogP contribution in [0.4, 0.5) is 5.69 Å². The van der Waals surface area contributed by atoms with E-state index in [4.69, 9.17) is 11.6 Å². The van der Waals surface area contributed by atoms with Gasteiger partial charge in [-0.3, -0.25) is 4.79 Å². The number of sulfonamides is 1. The van der Waals surface area contributed by atoms with Gasteiger partial charge in [0, 0.05) is 16.6 Å². The fourth-order valence-corrected chi connectivity index (χ4v) is 7.95. The van der Waals surface area contributed by atoms with Crippen molar-refractivity contribution < 1.29 is 13.2 Å². The molecule has 0 radical (unpaired) electrons. The molecule has 5 aliphatic rings. The Morgan fingerprint density at radius 2 is 1.81 bits per heavy atom. The molecular weight excluding hydrogens is 384 g/mol. The second-order valence-electron chi connectivity index (χ2n) is 9.27. The lowest BCUT2D eigenvalue weighted by atomic mass is 9.49. The van der Waals surface area contributed by atoms with Gasteiger partial charge in [-0.25, -0.2) is 13.1 Å². The fourth-order valence-electron chi connectivity index (χ4n) is 5.91. The highest BCUT2D eigenvalue weighted by atomic mass is 35.5. The lowest BCUT2D eigenvalue weighted by molar-refractivity contribution is -0.138. The summed E-state index contributed by atoms with van der Waals surface area (Å²) in [6.07, 6.45) is 7.59. The van der Waals surface area contributed by atoms with Gasteiger partial charge in [0.1, 0.15) is 0 Å². The summed E-state index contributed by atoms with van der Waals surface area (Å²) in [5.74, 6) is 1.10. The van der Waals surface area contributed by atoms with E-state index in [1.165, 1.54) is 6.42 Å². The van der Waals surface area contributed by atoms with Gasteiger partial charge in [-0.2, -0.15) is 0 Å². The van der Waals surface area contributed by atoms with Crippen LogP contribution in [0, 0.1) is 17.3 Å². The molecule has 5 saturated carbocycles. The van der Waals surface area contributed by atoms with E-state index in [0.29, 0.717) is 17.5 Å². The number of halogens is 1. The zero-order valence-corrected chi connectivity index (χ0v) is 16.8. The summed E-state index contributed by atoms with van der Waals surface area (Å²) in [4.78, 5) is 13.2. The second-order valence-corrected chi connectivity index (χ2v) is 11.8. The van der Waals surface area contributed by atoms with Crippen LogP contribution in [-0.2, 0) is 14.8 Å². The largest absolute Gasteiger partial charge is 0.326 e. The van der Waals surface area contributed by atoms with Gasteiger partial charge >= 0.3 is 0 Å². The van der Waals surface area contributed by atoms with Crippen molar-refractivity contribution in [1.82, 2.24) is 4.72 Å². The quantitative estimate of drug-likeness (QED) is 0.730. The summed E-state index contributed by atoms with van der Waals surface area (Å²) in [6.45, 7) is 0. The summed E-state index contributed by atoms with van der Waals surface area (Å²) in [6, 6.07) is 6.61. The molecule has 2 unspecified atom stereocenters. The average Bonchev–Trinajstić information content (AvgIpc) is 3.36. The van der Waals surface area contributed by atoms with Crippen LogP contribution in [0.25, 0.3) is 0 Å². The van der Waals surface area contributed by atoms with Gasteiger partial charge in [-0.1, -0.05) is 6.07 Å². The zero-order chi connectivity index (χ0) is 18.9. The number of alkyl halides is 1. The van der Waals surface area contributed by atoms with Gasteiger partial charge in [-0.05, 0) is 81.4 Å². The first-order valence-corrected chi connectivity index (χ1v) is 11.7. The van der Waals surface area contributed by atoms with Crippen LogP contribution >= 0.6 is 11.6 Å². The van der Waals surface area contributed by atoms with E-state index in [1.54, 1.807) is 24.3 Å². The number of anilines is 1. The van der Waals surface area contributed by atoms with Crippen LogP contribution in [0.2, 0.25) is 0 Å². The number of hydrogen-bond donors (Lipinski definition) is 2. The molecule has 6 rings (SSSR count). The van der Waals surface area contributed by atoms with E-state index in [1.807, 2.05) is 0 Å². The lowest BCUT2D eigenvalue weighted by Crippen LogP contribution is -2.57. The van der Waals surface area contributed by atoms with Gasteiger partial charge in [0.25, 0.3) is 0 Å². The Hall–Kier alpha value is -1.11. The first-order valence-electron chi connectivity index (χ1n) is 9.88. The van der Waals surface area contributed by atoms with Gasteiger partial charge in [0.15, 0.2) is 0 Å². The SMILES string of the molecule is O=C(Nc1cccc(S(=O)(=O)NC2CC2)c1)C12CC3CC(CC(Cl)(C3)C1)C2. The van der Waals surface area contributed by atoms with Crippen LogP contribution in [-0.4, -0.2) is 25.2 Å². The van der Waals surface area contributed by atoms with Crippen molar-refractivity contribution in [3.8, 4) is 0 Å². The van der Waals surface area contributed by atoms with E-state index < -0.39 is 15.4 Å². The van der Waals surface area contributed by atoms with E-state index in [0.717, 1.165) is 44.9 Å². The van der Waals surface area contributed by atoms with Gasteiger partial charge in [-0.15, -0.1) is 11.6 Å². The first-order chi connectivity index (χ1) is 12.8. The van der Waals surface area contributed by atoms with E-state index in [-0.39, 0.29) is 21.7 Å². The number of hydrogen-bond acceptors (Lipinski definition) is 3. The molecule has 2 atom stereocenters. The molecule has 5 nitrogen and oxygen atoms in total. The molecule has 0 aromatic heterocycles. The number of carbonyl (C=O) groups excluding carboxylic acids is 1. The third-order valence-corrected chi connectivity index (χ3v) is 8.73. The molecule has 0 saturated heterocycles. The molecule has 1 amide bonds. The highest BCUT2D eigenvalue weighted by molar-refractivity contribution is 7.89. The van der Waals surface area contributed by atoms with Gasteiger partial charge in [0.2, 0.25) is 15.9 Å². The standard InChI is InChI=1S/C20H25ClN2O3S/c21-20-10-13-6-14(11-20)9-19(8-13,12-20)18(24)22-16-2-1-3-17(7-16)27(25,26)23-15-4-5-15/h1-3,7,13-15,23H,4-6,8-12H2,(H,22,24). The topological polar surface area (TPSA) is 75.3 Å². The van der Waals surface area contributed by atoms with E-state index in [9.17, 15) is 13.2 Å². The molecule has 4 bridgehead atoms. The van der Waals surface area contributed by atoms with Crippen LogP contribution in [0.3, 0.4) is 0 Å². The second kappa shape index (κ2) is 5.94. The molecule has 146 valence electrons. The van der Waals surface area contributed by atoms with Gasteiger partial charge in [0.05, 0.1) is 10.3 Å². The third-order valence-electron chi connectivity index (χ3n) is 6.77. The van der Waals surface area contributed by atoms with Crippen LogP contribution in [0.1, 0.15) is 51.4 Å². The predicted molar refractivity (Wildman–Crippen MR) is 104 cm³/mol. The van der Waals surface area contributed by atoms with Crippen molar-refractivity contribution >= 4 is 33.2 Å². The minimum Gasteiger partial charge on any atom is -0.326 e. The Kier molecular flexibility index (Phi) is 3.95. The highest BCUT2D eigenvalue weighted by Crippen LogP contribution is 2.64. The number of amides is 1. The minimum absolute atomic E-state index is 0.00586.